The number of benzene rings is 1. The second kappa shape index (κ2) is 6.15. The molecule has 2 aromatic rings. The molecular formula is C13H13ClN4O. The first-order chi connectivity index (χ1) is 9.17. The summed E-state index contributed by atoms with van der Waals surface area (Å²) in [6.07, 6.45) is 0.407. The number of hydrogen-bond acceptors (Lipinski definition) is 4. The highest BCUT2D eigenvalue weighted by molar-refractivity contribution is 6.30. The van der Waals surface area contributed by atoms with E-state index in [1.54, 1.807) is 31.2 Å². The number of hydrogen-bond donors (Lipinski definition) is 2. The zero-order chi connectivity index (χ0) is 13.7. The maximum atomic E-state index is 11.2. The van der Waals surface area contributed by atoms with Crippen LogP contribution in [0, 0.1) is 0 Å². The van der Waals surface area contributed by atoms with Gasteiger partial charge in [-0.05, 0) is 30.3 Å². The molecule has 2 N–H and O–H groups in total. The first kappa shape index (κ1) is 13.3. The van der Waals surface area contributed by atoms with Crippen molar-refractivity contribution >= 4 is 34.8 Å². The van der Waals surface area contributed by atoms with Gasteiger partial charge in [0.1, 0.15) is 0 Å². The number of nitrogens with one attached hydrogen (secondary N) is 2. The molecule has 0 radical (unpaired) electrons. The van der Waals surface area contributed by atoms with Crippen molar-refractivity contribution in [2.75, 3.05) is 10.6 Å². The summed E-state index contributed by atoms with van der Waals surface area (Å²) < 4.78 is 0. The third-order valence-corrected chi connectivity index (χ3v) is 2.59. The summed E-state index contributed by atoms with van der Waals surface area (Å²) in [4.78, 5) is 11.2. The molecule has 2 rings (SSSR count). The topological polar surface area (TPSA) is 66.9 Å². The summed E-state index contributed by atoms with van der Waals surface area (Å²) >= 11 is 5.89. The van der Waals surface area contributed by atoms with E-state index in [4.69, 9.17) is 11.6 Å². The van der Waals surface area contributed by atoms with E-state index in [-0.39, 0.29) is 5.91 Å². The molecule has 0 unspecified atom stereocenters. The van der Waals surface area contributed by atoms with Crippen LogP contribution in [-0.2, 0) is 4.79 Å². The molecule has 1 aromatic carbocycles. The van der Waals surface area contributed by atoms with E-state index in [1.807, 2.05) is 12.1 Å². The maximum Gasteiger partial charge on any atom is 0.225 e. The molecule has 0 fully saturated rings. The minimum atomic E-state index is -0.0927. The predicted octanol–water partition coefficient (Wildman–Crippen LogP) is 3.22. The lowest BCUT2D eigenvalue weighted by Crippen LogP contribution is -2.11. The van der Waals surface area contributed by atoms with Crippen LogP contribution in [0.3, 0.4) is 0 Å². The summed E-state index contributed by atoms with van der Waals surface area (Å²) in [5.74, 6) is 0.921. The van der Waals surface area contributed by atoms with E-state index in [9.17, 15) is 4.79 Å². The van der Waals surface area contributed by atoms with Crippen molar-refractivity contribution in [3.05, 3.63) is 41.4 Å². The summed E-state index contributed by atoms with van der Waals surface area (Å²) in [6, 6.07) is 10.7. The van der Waals surface area contributed by atoms with E-state index in [2.05, 4.69) is 20.8 Å². The van der Waals surface area contributed by atoms with Crippen LogP contribution < -0.4 is 10.6 Å². The lowest BCUT2D eigenvalue weighted by molar-refractivity contribution is -0.115. The molecule has 1 aromatic heterocycles. The molecule has 1 amide bonds. The molecular weight excluding hydrogens is 264 g/mol. The van der Waals surface area contributed by atoms with Gasteiger partial charge in [-0.25, -0.2) is 0 Å². The molecule has 19 heavy (non-hydrogen) atoms. The highest BCUT2D eigenvalue weighted by atomic mass is 35.5. The van der Waals surface area contributed by atoms with E-state index in [1.165, 1.54) is 0 Å². The third-order valence-electron chi connectivity index (χ3n) is 2.35. The molecule has 0 saturated carbocycles. The van der Waals surface area contributed by atoms with Crippen LogP contribution >= 0.6 is 11.6 Å². The molecule has 0 atom stereocenters. The number of amides is 1. The summed E-state index contributed by atoms with van der Waals surface area (Å²) in [5, 5.41) is 14.2. The zero-order valence-corrected chi connectivity index (χ0v) is 11.1. The van der Waals surface area contributed by atoms with Crippen LogP contribution in [0.2, 0.25) is 5.02 Å². The van der Waals surface area contributed by atoms with Gasteiger partial charge in [-0.2, -0.15) is 0 Å². The summed E-state index contributed by atoms with van der Waals surface area (Å²) in [6.45, 7) is 1.78. The first-order valence-electron chi connectivity index (χ1n) is 5.83. The van der Waals surface area contributed by atoms with Gasteiger partial charge < -0.3 is 10.6 Å². The van der Waals surface area contributed by atoms with Crippen molar-refractivity contribution in [2.45, 2.75) is 13.3 Å². The fourth-order valence-electron chi connectivity index (χ4n) is 1.41. The van der Waals surface area contributed by atoms with Crippen molar-refractivity contribution in [1.82, 2.24) is 10.2 Å². The van der Waals surface area contributed by atoms with Crippen LogP contribution in [0.25, 0.3) is 0 Å². The fourth-order valence-corrected chi connectivity index (χ4v) is 1.60. The second-order valence-corrected chi connectivity index (χ2v) is 4.28. The zero-order valence-electron chi connectivity index (χ0n) is 10.4. The van der Waals surface area contributed by atoms with E-state index >= 15 is 0 Å². The van der Waals surface area contributed by atoms with Crippen LogP contribution in [0.15, 0.2) is 36.4 Å². The smallest absolute Gasteiger partial charge is 0.225 e. The Morgan fingerprint density at radius 1 is 1.21 bits per heavy atom. The standard InChI is InChI=1S/C13H13ClN4O/c1-2-13(19)16-12-7-6-11(17-18-12)15-10-5-3-4-9(14)8-10/h3-8H,2H2,1H3,(H,15,17)(H,16,18,19). The summed E-state index contributed by atoms with van der Waals surface area (Å²) in [5.41, 5.74) is 0.826. The molecule has 1 heterocycles. The Morgan fingerprint density at radius 3 is 2.58 bits per heavy atom. The van der Waals surface area contributed by atoms with Crippen molar-refractivity contribution in [3.8, 4) is 0 Å². The lowest BCUT2D eigenvalue weighted by Gasteiger charge is -2.06. The Bertz CT molecular complexity index is 571. The molecule has 0 saturated heterocycles. The predicted molar refractivity (Wildman–Crippen MR) is 75.7 cm³/mol. The Kier molecular flexibility index (Phi) is 4.30. The van der Waals surface area contributed by atoms with Crippen molar-refractivity contribution < 1.29 is 4.79 Å². The van der Waals surface area contributed by atoms with Gasteiger partial charge in [0.15, 0.2) is 11.6 Å². The Labute approximate surface area is 116 Å². The van der Waals surface area contributed by atoms with Crippen LogP contribution in [-0.4, -0.2) is 16.1 Å². The van der Waals surface area contributed by atoms with Gasteiger partial charge in [-0.3, -0.25) is 4.79 Å². The number of halogens is 1. The molecule has 0 aliphatic heterocycles. The Balaban J connectivity index is 2.04. The van der Waals surface area contributed by atoms with E-state index < -0.39 is 0 Å². The third kappa shape index (κ3) is 3.93. The second-order valence-electron chi connectivity index (χ2n) is 3.84. The SMILES string of the molecule is CCC(=O)Nc1ccc(Nc2cccc(Cl)c2)nn1. The van der Waals surface area contributed by atoms with Gasteiger partial charge in [0, 0.05) is 17.1 Å². The molecule has 6 heteroatoms. The number of aromatic nitrogens is 2. The van der Waals surface area contributed by atoms with E-state index in [0.717, 1.165) is 5.69 Å². The van der Waals surface area contributed by atoms with Crippen LogP contribution in [0.5, 0.6) is 0 Å². The quantitative estimate of drug-likeness (QED) is 0.900. The number of rotatable bonds is 4. The number of nitrogens with zero attached hydrogens (tertiary/aromatic N) is 2. The first-order valence-corrected chi connectivity index (χ1v) is 6.21. The maximum absolute atomic E-state index is 11.2. The molecule has 0 aliphatic carbocycles. The van der Waals surface area contributed by atoms with Crippen molar-refractivity contribution in [2.24, 2.45) is 0 Å². The average Bonchev–Trinajstić information content (AvgIpc) is 2.41. The Hall–Kier alpha value is -2.14. The van der Waals surface area contributed by atoms with Crippen molar-refractivity contribution in [3.63, 3.8) is 0 Å². The van der Waals surface area contributed by atoms with Gasteiger partial charge >= 0.3 is 0 Å². The Morgan fingerprint density at radius 2 is 1.95 bits per heavy atom. The number of carbonyl (C=O) groups is 1. The van der Waals surface area contributed by atoms with Gasteiger partial charge in [0.2, 0.25) is 5.91 Å². The van der Waals surface area contributed by atoms with Gasteiger partial charge in [-0.1, -0.05) is 24.6 Å². The molecule has 5 nitrogen and oxygen atoms in total. The molecule has 0 bridgehead atoms. The van der Waals surface area contributed by atoms with Gasteiger partial charge in [0.05, 0.1) is 0 Å². The van der Waals surface area contributed by atoms with Gasteiger partial charge in [0.25, 0.3) is 0 Å². The van der Waals surface area contributed by atoms with Gasteiger partial charge in [-0.15, -0.1) is 10.2 Å². The minimum absolute atomic E-state index is 0.0927. The van der Waals surface area contributed by atoms with Crippen molar-refractivity contribution in [1.29, 1.82) is 0 Å². The number of anilines is 3. The fraction of sp³-hybridized carbons (Fsp3) is 0.154. The summed E-state index contributed by atoms with van der Waals surface area (Å²) in [7, 11) is 0. The molecule has 0 aliphatic rings. The highest BCUT2D eigenvalue weighted by Gasteiger charge is 2.02. The lowest BCUT2D eigenvalue weighted by atomic mass is 10.3. The normalized spacial score (nSPS) is 10.0. The van der Waals surface area contributed by atoms with Crippen LogP contribution in [0.1, 0.15) is 13.3 Å². The molecule has 0 spiro atoms. The monoisotopic (exact) mass is 276 g/mol. The van der Waals surface area contributed by atoms with E-state index in [0.29, 0.717) is 23.1 Å². The van der Waals surface area contributed by atoms with Crippen LogP contribution in [0.4, 0.5) is 17.3 Å². The molecule has 98 valence electrons. The average molecular weight is 277 g/mol. The highest BCUT2D eigenvalue weighted by Crippen LogP contribution is 2.18. The number of carbonyl (C=O) groups excluding carboxylic acids is 1. The largest absolute Gasteiger partial charge is 0.339 e. The minimum Gasteiger partial charge on any atom is -0.339 e.